The molecule has 2 rings (SSSR count). The zero-order chi connectivity index (χ0) is 13.8. The Kier molecular flexibility index (Phi) is 4.93. The first kappa shape index (κ1) is 14.5. The summed E-state index contributed by atoms with van der Waals surface area (Å²) in [6.07, 6.45) is 3.38. The zero-order valence-corrected chi connectivity index (χ0v) is 12.6. The van der Waals surface area contributed by atoms with Crippen molar-refractivity contribution >= 4 is 0 Å². The van der Waals surface area contributed by atoms with Gasteiger partial charge in [-0.25, -0.2) is 0 Å². The summed E-state index contributed by atoms with van der Waals surface area (Å²) in [5, 5.41) is 11.8. The van der Waals surface area contributed by atoms with Gasteiger partial charge in [0.2, 0.25) is 0 Å². The van der Waals surface area contributed by atoms with Crippen LogP contribution in [-0.4, -0.2) is 45.1 Å². The molecule has 0 aliphatic carbocycles. The fourth-order valence-corrected chi connectivity index (χ4v) is 2.77. The Hall–Kier alpha value is -0.940. The van der Waals surface area contributed by atoms with E-state index in [1.165, 1.54) is 13.0 Å². The van der Waals surface area contributed by atoms with Gasteiger partial charge in [-0.3, -0.25) is 9.58 Å². The van der Waals surface area contributed by atoms with Crippen LogP contribution in [0, 0.1) is 5.92 Å². The van der Waals surface area contributed by atoms with Gasteiger partial charge in [0, 0.05) is 37.9 Å². The summed E-state index contributed by atoms with van der Waals surface area (Å²) in [5.41, 5.74) is 1.02. The van der Waals surface area contributed by atoms with Crippen LogP contribution in [0.3, 0.4) is 0 Å². The molecule has 0 bridgehead atoms. The molecule has 2 atom stereocenters. The maximum Gasteiger partial charge on any atom is 0.0964 e. The number of hydrogen-bond donors (Lipinski definition) is 1. The van der Waals surface area contributed by atoms with Crippen LogP contribution in [0.1, 0.15) is 39.8 Å². The van der Waals surface area contributed by atoms with Gasteiger partial charge in [0.05, 0.1) is 12.2 Å². The lowest BCUT2D eigenvalue weighted by atomic mass is 10.1. The van der Waals surface area contributed by atoms with Crippen molar-refractivity contribution in [2.24, 2.45) is 5.92 Å². The molecule has 1 saturated heterocycles. The minimum atomic E-state index is 0.483. The lowest BCUT2D eigenvalue weighted by Crippen LogP contribution is -2.30. The third-order valence-electron chi connectivity index (χ3n) is 3.81. The average molecular weight is 265 g/mol. The van der Waals surface area contributed by atoms with E-state index >= 15 is 0 Å². The van der Waals surface area contributed by atoms with E-state index in [2.05, 4.69) is 54.4 Å². The van der Waals surface area contributed by atoms with E-state index in [1.807, 2.05) is 4.68 Å². The first-order valence-corrected chi connectivity index (χ1v) is 7.41. The van der Waals surface area contributed by atoms with E-state index in [0.717, 1.165) is 31.2 Å². The highest BCUT2D eigenvalue weighted by Crippen LogP contribution is 2.21. The lowest BCUT2D eigenvalue weighted by molar-refractivity contribution is 0.249. The molecule has 1 aromatic heterocycles. The molecule has 2 unspecified atom stereocenters. The van der Waals surface area contributed by atoms with Crippen LogP contribution in [0.25, 0.3) is 0 Å². The molecular weight excluding hydrogens is 238 g/mol. The maximum atomic E-state index is 4.20. The Morgan fingerprint density at radius 3 is 2.79 bits per heavy atom. The molecule has 5 nitrogen and oxygen atoms in total. The van der Waals surface area contributed by atoms with Crippen molar-refractivity contribution in [3.05, 3.63) is 11.9 Å². The molecule has 1 aliphatic rings. The smallest absolute Gasteiger partial charge is 0.0964 e. The fraction of sp³-hybridized carbons (Fsp3) is 0.857. The summed E-state index contributed by atoms with van der Waals surface area (Å²) in [6, 6.07) is 1.19. The Morgan fingerprint density at radius 2 is 2.16 bits per heavy atom. The van der Waals surface area contributed by atoms with Crippen molar-refractivity contribution in [3.8, 4) is 0 Å². The van der Waals surface area contributed by atoms with Crippen LogP contribution in [0.4, 0.5) is 0 Å². The van der Waals surface area contributed by atoms with E-state index in [9.17, 15) is 0 Å². The standard InChI is InChI=1S/C14H27N5/c1-11(2)15-8-14-10-19(17-16-14)6-5-18-9-12(3)7-13(18)4/h10-13,15H,5-9H2,1-4H3. The predicted octanol–water partition coefficient (Wildman–Crippen LogP) is 1.51. The van der Waals surface area contributed by atoms with Crippen molar-refractivity contribution in [1.29, 1.82) is 0 Å². The molecule has 1 fully saturated rings. The van der Waals surface area contributed by atoms with Crippen LogP contribution < -0.4 is 5.32 Å². The molecule has 0 saturated carbocycles. The highest BCUT2D eigenvalue weighted by Gasteiger charge is 2.25. The number of hydrogen-bond acceptors (Lipinski definition) is 4. The molecule has 0 aromatic carbocycles. The van der Waals surface area contributed by atoms with Crippen LogP contribution in [0.5, 0.6) is 0 Å². The number of aromatic nitrogens is 3. The van der Waals surface area contributed by atoms with Crippen molar-refractivity contribution in [1.82, 2.24) is 25.2 Å². The van der Waals surface area contributed by atoms with Gasteiger partial charge < -0.3 is 5.32 Å². The molecule has 0 spiro atoms. The number of nitrogens with zero attached hydrogens (tertiary/aromatic N) is 4. The third kappa shape index (κ3) is 4.28. The van der Waals surface area contributed by atoms with Gasteiger partial charge >= 0.3 is 0 Å². The van der Waals surface area contributed by atoms with Crippen molar-refractivity contribution in [2.45, 2.75) is 59.3 Å². The lowest BCUT2D eigenvalue weighted by Gasteiger charge is -2.20. The highest BCUT2D eigenvalue weighted by atomic mass is 15.4. The Morgan fingerprint density at radius 1 is 1.37 bits per heavy atom. The second kappa shape index (κ2) is 6.48. The van der Waals surface area contributed by atoms with Crippen LogP contribution in [-0.2, 0) is 13.1 Å². The van der Waals surface area contributed by atoms with Crippen LogP contribution in [0.2, 0.25) is 0 Å². The molecule has 108 valence electrons. The SMILES string of the molecule is CC1CC(C)N(CCn2cc(CNC(C)C)nn2)C1. The van der Waals surface area contributed by atoms with Gasteiger partial charge in [-0.2, -0.15) is 0 Å². The molecule has 1 aromatic rings. The molecule has 19 heavy (non-hydrogen) atoms. The van der Waals surface area contributed by atoms with Gasteiger partial charge in [-0.05, 0) is 19.3 Å². The second-order valence-electron chi connectivity index (χ2n) is 6.19. The molecular formula is C14H27N5. The Bertz CT molecular complexity index is 387. The number of likely N-dealkylation sites (tertiary alicyclic amines) is 1. The molecule has 0 amide bonds. The van der Waals surface area contributed by atoms with E-state index in [-0.39, 0.29) is 0 Å². The average Bonchev–Trinajstić information content (AvgIpc) is 2.91. The van der Waals surface area contributed by atoms with Gasteiger partial charge in [0.1, 0.15) is 0 Å². The van der Waals surface area contributed by atoms with Crippen molar-refractivity contribution in [3.63, 3.8) is 0 Å². The summed E-state index contributed by atoms with van der Waals surface area (Å²) < 4.78 is 1.97. The van der Waals surface area contributed by atoms with Gasteiger partial charge in [0.25, 0.3) is 0 Å². The van der Waals surface area contributed by atoms with E-state index in [4.69, 9.17) is 0 Å². The number of nitrogens with one attached hydrogen (secondary N) is 1. The fourth-order valence-electron chi connectivity index (χ4n) is 2.77. The monoisotopic (exact) mass is 265 g/mol. The van der Waals surface area contributed by atoms with Crippen molar-refractivity contribution in [2.75, 3.05) is 13.1 Å². The van der Waals surface area contributed by atoms with Crippen LogP contribution >= 0.6 is 0 Å². The summed E-state index contributed by atoms with van der Waals surface area (Å²) in [7, 11) is 0. The maximum absolute atomic E-state index is 4.20. The Labute approximate surface area is 116 Å². The first-order chi connectivity index (χ1) is 9.04. The minimum Gasteiger partial charge on any atom is -0.309 e. The summed E-state index contributed by atoms with van der Waals surface area (Å²) in [6.45, 7) is 13.0. The topological polar surface area (TPSA) is 46.0 Å². The third-order valence-corrected chi connectivity index (χ3v) is 3.81. The quantitative estimate of drug-likeness (QED) is 0.847. The summed E-state index contributed by atoms with van der Waals surface area (Å²) >= 11 is 0. The Balaban J connectivity index is 1.77. The van der Waals surface area contributed by atoms with Gasteiger partial charge in [0.15, 0.2) is 0 Å². The molecule has 0 radical (unpaired) electrons. The van der Waals surface area contributed by atoms with Crippen LogP contribution in [0.15, 0.2) is 6.20 Å². The van der Waals surface area contributed by atoms with Gasteiger partial charge in [-0.15, -0.1) is 5.10 Å². The second-order valence-corrected chi connectivity index (χ2v) is 6.19. The summed E-state index contributed by atoms with van der Waals surface area (Å²) in [4.78, 5) is 2.55. The van der Waals surface area contributed by atoms with E-state index in [0.29, 0.717) is 12.1 Å². The normalized spacial score (nSPS) is 24.5. The molecule has 2 heterocycles. The predicted molar refractivity (Wildman–Crippen MR) is 76.8 cm³/mol. The van der Waals surface area contributed by atoms with Crippen molar-refractivity contribution < 1.29 is 0 Å². The highest BCUT2D eigenvalue weighted by molar-refractivity contribution is 4.92. The van der Waals surface area contributed by atoms with E-state index in [1.54, 1.807) is 0 Å². The van der Waals surface area contributed by atoms with Gasteiger partial charge in [-0.1, -0.05) is 26.0 Å². The molecule has 1 N–H and O–H groups in total. The molecule has 1 aliphatic heterocycles. The largest absolute Gasteiger partial charge is 0.309 e. The first-order valence-electron chi connectivity index (χ1n) is 7.41. The minimum absolute atomic E-state index is 0.483. The van der Waals surface area contributed by atoms with E-state index < -0.39 is 0 Å². The summed E-state index contributed by atoms with van der Waals surface area (Å²) in [5.74, 6) is 0.830. The number of rotatable bonds is 6. The zero-order valence-electron chi connectivity index (χ0n) is 12.6. The molecule has 5 heteroatoms.